The number of hydrogen-bond acceptors (Lipinski definition) is 6. The summed E-state index contributed by atoms with van der Waals surface area (Å²) in [4.78, 5) is 29.1. The Morgan fingerprint density at radius 3 is 2.69 bits per heavy atom. The molecule has 0 radical (unpaired) electrons. The molecule has 3 aromatic rings. The zero-order valence-electron chi connectivity index (χ0n) is 16.5. The van der Waals surface area contributed by atoms with Crippen LogP contribution in [0.2, 0.25) is 0 Å². The van der Waals surface area contributed by atoms with Crippen molar-refractivity contribution in [3.63, 3.8) is 0 Å². The van der Waals surface area contributed by atoms with Crippen molar-refractivity contribution in [3.8, 4) is 5.75 Å². The summed E-state index contributed by atoms with van der Waals surface area (Å²) < 4.78 is 10.4. The van der Waals surface area contributed by atoms with E-state index in [1.807, 2.05) is 31.2 Å². The second-order valence-corrected chi connectivity index (χ2v) is 7.23. The summed E-state index contributed by atoms with van der Waals surface area (Å²) in [6, 6.07) is 14.5. The number of nitrogens with one attached hydrogen (secondary N) is 1. The molecule has 6 nitrogen and oxygen atoms in total. The number of carbonyl (C=O) groups excluding carboxylic acids is 2. The molecule has 150 valence electrons. The summed E-state index contributed by atoms with van der Waals surface area (Å²) in [6.45, 7) is 4.01. The molecule has 3 rings (SSSR count). The van der Waals surface area contributed by atoms with E-state index in [4.69, 9.17) is 9.47 Å². The Morgan fingerprint density at radius 1 is 1.14 bits per heavy atom. The maximum absolute atomic E-state index is 12.5. The molecule has 0 aliphatic rings. The molecule has 0 saturated carbocycles. The van der Waals surface area contributed by atoms with Crippen LogP contribution in [0.4, 0.5) is 5.69 Å². The highest BCUT2D eigenvalue weighted by Crippen LogP contribution is 2.29. The van der Waals surface area contributed by atoms with E-state index >= 15 is 0 Å². The van der Waals surface area contributed by atoms with Crippen molar-refractivity contribution in [1.82, 2.24) is 4.98 Å². The number of fused-ring (bicyclic) bond motifs is 1. The number of pyridine rings is 1. The molecule has 0 atom stereocenters. The van der Waals surface area contributed by atoms with Crippen molar-refractivity contribution in [3.05, 3.63) is 59.7 Å². The molecule has 0 unspecified atom stereocenters. The van der Waals surface area contributed by atoms with E-state index in [1.54, 1.807) is 38.3 Å². The molecular formula is C22H22N2O4S. The Labute approximate surface area is 173 Å². The Bertz CT molecular complexity index is 1050. The third kappa shape index (κ3) is 4.86. The molecule has 0 aliphatic heterocycles. The molecule has 1 N–H and O–H groups in total. The second kappa shape index (κ2) is 9.43. The average molecular weight is 410 g/mol. The summed E-state index contributed by atoms with van der Waals surface area (Å²) in [5, 5.41) is 4.53. The molecule has 2 aromatic carbocycles. The molecule has 0 saturated heterocycles. The van der Waals surface area contributed by atoms with Gasteiger partial charge in [-0.3, -0.25) is 4.79 Å². The van der Waals surface area contributed by atoms with E-state index in [0.29, 0.717) is 17.0 Å². The number of rotatable bonds is 7. The van der Waals surface area contributed by atoms with E-state index in [-0.39, 0.29) is 18.3 Å². The standard InChI is InChI=1S/C22H22N2O4S/c1-4-28-22(26)16-8-5-6-10-17(16)23-19(25)13-29-20-12-14(2)15-9-7-11-18(27-3)21(15)24-20/h5-12H,4,13H2,1-3H3,(H,23,25). The largest absolute Gasteiger partial charge is 0.494 e. The number of carbonyl (C=O) groups is 2. The van der Waals surface area contributed by atoms with E-state index < -0.39 is 5.97 Å². The van der Waals surface area contributed by atoms with Gasteiger partial charge in [-0.1, -0.05) is 36.0 Å². The number of hydrogen-bond donors (Lipinski definition) is 1. The topological polar surface area (TPSA) is 77.5 Å². The van der Waals surface area contributed by atoms with Crippen molar-refractivity contribution in [1.29, 1.82) is 0 Å². The van der Waals surface area contributed by atoms with E-state index in [0.717, 1.165) is 21.5 Å². The third-order valence-electron chi connectivity index (χ3n) is 4.25. The average Bonchev–Trinajstić information content (AvgIpc) is 2.72. The fourth-order valence-electron chi connectivity index (χ4n) is 2.90. The number of aromatic nitrogens is 1. The van der Waals surface area contributed by atoms with Crippen LogP contribution in [-0.2, 0) is 9.53 Å². The van der Waals surface area contributed by atoms with Crippen molar-refractivity contribution in [2.45, 2.75) is 18.9 Å². The van der Waals surface area contributed by atoms with Crippen molar-refractivity contribution < 1.29 is 19.1 Å². The number of para-hydroxylation sites is 2. The molecule has 1 amide bonds. The Hall–Kier alpha value is -3.06. The van der Waals surface area contributed by atoms with Crippen LogP contribution in [-0.4, -0.2) is 36.3 Å². The molecule has 0 aliphatic carbocycles. The van der Waals surface area contributed by atoms with Crippen molar-refractivity contribution in [2.75, 3.05) is 24.8 Å². The molecular weight excluding hydrogens is 388 g/mol. The molecule has 7 heteroatoms. The van der Waals surface area contributed by atoms with Crippen LogP contribution >= 0.6 is 11.8 Å². The lowest BCUT2D eigenvalue weighted by Gasteiger charge is -2.11. The van der Waals surface area contributed by atoms with Crippen molar-refractivity contribution >= 4 is 40.2 Å². The lowest BCUT2D eigenvalue weighted by atomic mass is 10.1. The molecule has 0 spiro atoms. The Balaban J connectivity index is 1.73. The number of anilines is 1. The number of aryl methyl sites for hydroxylation is 1. The van der Waals surface area contributed by atoms with Crippen LogP contribution < -0.4 is 10.1 Å². The normalized spacial score (nSPS) is 10.6. The minimum atomic E-state index is -0.463. The zero-order chi connectivity index (χ0) is 20.8. The first-order valence-corrected chi connectivity index (χ1v) is 10.1. The highest BCUT2D eigenvalue weighted by molar-refractivity contribution is 7.99. The first kappa shape index (κ1) is 20.7. The second-order valence-electron chi connectivity index (χ2n) is 6.24. The molecule has 0 bridgehead atoms. The molecule has 0 fully saturated rings. The first-order valence-electron chi connectivity index (χ1n) is 9.16. The van der Waals surface area contributed by atoms with Gasteiger partial charge in [0, 0.05) is 5.39 Å². The fourth-order valence-corrected chi connectivity index (χ4v) is 3.67. The molecule has 1 aromatic heterocycles. The number of methoxy groups -OCH3 is 1. The summed E-state index contributed by atoms with van der Waals surface area (Å²) in [5.41, 5.74) is 2.59. The number of ether oxygens (including phenoxy) is 2. The highest BCUT2D eigenvalue weighted by Gasteiger charge is 2.15. The maximum atomic E-state index is 12.5. The summed E-state index contributed by atoms with van der Waals surface area (Å²) >= 11 is 1.33. The number of amides is 1. The minimum Gasteiger partial charge on any atom is -0.494 e. The number of thioether (sulfide) groups is 1. The number of benzene rings is 2. The van der Waals surface area contributed by atoms with Crippen LogP contribution in [0.5, 0.6) is 5.75 Å². The van der Waals surface area contributed by atoms with Crippen molar-refractivity contribution in [2.24, 2.45) is 0 Å². The van der Waals surface area contributed by atoms with Gasteiger partial charge in [-0.25, -0.2) is 9.78 Å². The van der Waals surface area contributed by atoms with Gasteiger partial charge in [-0.05, 0) is 43.7 Å². The van der Waals surface area contributed by atoms with Gasteiger partial charge in [-0.15, -0.1) is 0 Å². The highest BCUT2D eigenvalue weighted by atomic mass is 32.2. The summed E-state index contributed by atoms with van der Waals surface area (Å²) in [7, 11) is 1.61. The lowest BCUT2D eigenvalue weighted by molar-refractivity contribution is -0.113. The third-order valence-corrected chi connectivity index (χ3v) is 5.16. The van der Waals surface area contributed by atoms with Crippen LogP contribution in [0, 0.1) is 6.92 Å². The SMILES string of the molecule is CCOC(=O)c1ccccc1NC(=O)CSc1cc(C)c2cccc(OC)c2n1. The van der Waals surface area contributed by atoms with Gasteiger partial charge in [0.25, 0.3) is 0 Å². The monoisotopic (exact) mass is 410 g/mol. The predicted molar refractivity (Wildman–Crippen MR) is 115 cm³/mol. The van der Waals surface area contributed by atoms with Crippen LogP contribution in [0.1, 0.15) is 22.8 Å². The summed E-state index contributed by atoms with van der Waals surface area (Å²) in [6.07, 6.45) is 0. The van der Waals surface area contributed by atoms with Crippen LogP contribution in [0.15, 0.2) is 53.6 Å². The fraction of sp³-hybridized carbons (Fsp3) is 0.227. The Morgan fingerprint density at radius 2 is 1.93 bits per heavy atom. The van der Waals surface area contributed by atoms with Gasteiger partial charge in [0.05, 0.1) is 35.7 Å². The maximum Gasteiger partial charge on any atom is 0.340 e. The van der Waals surface area contributed by atoms with E-state index in [2.05, 4.69) is 10.3 Å². The first-order chi connectivity index (χ1) is 14.0. The number of nitrogens with zero attached hydrogens (tertiary/aromatic N) is 1. The smallest absolute Gasteiger partial charge is 0.340 e. The molecule has 1 heterocycles. The quantitative estimate of drug-likeness (QED) is 0.458. The van der Waals surface area contributed by atoms with Gasteiger partial charge >= 0.3 is 5.97 Å². The predicted octanol–water partition coefficient (Wildman–Crippen LogP) is 4.46. The van der Waals surface area contributed by atoms with Gasteiger partial charge in [0.1, 0.15) is 11.3 Å². The van der Waals surface area contributed by atoms with E-state index in [1.165, 1.54) is 11.8 Å². The van der Waals surface area contributed by atoms with Gasteiger partial charge < -0.3 is 14.8 Å². The van der Waals surface area contributed by atoms with Gasteiger partial charge in [-0.2, -0.15) is 0 Å². The number of esters is 1. The van der Waals surface area contributed by atoms with Crippen LogP contribution in [0.3, 0.4) is 0 Å². The zero-order valence-corrected chi connectivity index (χ0v) is 17.3. The van der Waals surface area contributed by atoms with Crippen LogP contribution in [0.25, 0.3) is 10.9 Å². The Kier molecular flexibility index (Phi) is 6.72. The van der Waals surface area contributed by atoms with Gasteiger partial charge in [0.2, 0.25) is 5.91 Å². The van der Waals surface area contributed by atoms with E-state index in [9.17, 15) is 9.59 Å². The summed E-state index contributed by atoms with van der Waals surface area (Å²) in [5.74, 6) is 0.159. The van der Waals surface area contributed by atoms with Gasteiger partial charge in [0.15, 0.2) is 0 Å². The molecule has 29 heavy (non-hydrogen) atoms. The lowest BCUT2D eigenvalue weighted by Crippen LogP contribution is -2.17. The minimum absolute atomic E-state index is 0.157.